The smallest absolute Gasteiger partial charge is 0.248 e. The molecule has 0 unspecified atom stereocenters. The Morgan fingerprint density at radius 2 is 1.68 bits per heavy atom. The molecule has 0 saturated carbocycles. The number of aromatic nitrogens is 6. The minimum absolute atomic E-state index is 0. The van der Waals surface area contributed by atoms with Crippen molar-refractivity contribution in [2.75, 3.05) is 0 Å². The highest BCUT2D eigenvalue weighted by Gasteiger charge is 2.39. The first-order valence-corrected chi connectivity index (χ1v) is 11.0. The number of rotatable bonds is 3. The van der Waals surface area contributed by atoms with E-state index in [4.69, 9.17) is 0 Å². The third kappa shape index (κ3) is 4.53. The number of pyridine rings is 1. The van der Waals surface area contributed by atoms with Crippen molar-refractivity contribution >= 4 is 23.6 Å². The molecule has 4 heterocycles. The molecular weight excluding hydrogens is 454 g/mol. The minimum atomic E-state index is -0.198. The lowest BCUT2D eigenvalue weighted by Gasteiger charge is -2.46. The number of phenolic OH excluding ortho intramolecular Hbond substituents is 1. The Balaban J connectivity index is 0.00000274. The zero-order valence-corrected chi connectivity index (χ0v) is 20.3. The van der Waals surface area contributed by atoms with Gasteiger partial charge in [-0.2, -0.15) is 0 Å². The van der Waals surface area contributed by atoms with Crippen molar-refractivity contribution in [3.8, 4) is 28.1 Å². The second-order valence-electron chi connectivity index (χ2n) is 10.1. The Kier molecular flexibility index (Phi) is 5.95. The molecule has 0 spiro atoms. The molecule has 9 nitrogen and oxygen atoms in total. The highest BCUT2D eigenvalue weighted by molar-refractivity contribution is 5.85. The molecule has 0 amide bonds. The summed E-state index contributed by atoms with van der Waals surface area (Å²) in [6, 6.07) is 10.4. The lowest BCUT2D eigenvalue weighted by molar-refractivity contribution is 0.127. The Morgan fingerprint density at radius 3 is 2.35 bits per heavy atom. The lowest BCUT2D eigenvalue weighted by atomic mass is 9.80. The molecule has 5 rings (SSSR count). The Hall–Kier alpha value is -3.30. The standard InChI is InChI=1S/C24H27N7O2.ClH/c1-23(2)12-16(13-24(3,4)29-23)31-22-19(27-30-31)11-18(26-28-22)17-6-5-14(9-20(17)32)15-7-8-25-21(33)10-15;/h5-11,16,29,32H,12-13H2,1-4H3,(H,25,33);1H. The molecule has 4 aromatic rings. The average molecular weight is 482 g/mol. The van der Waals surface area contributed by atoms with Crippen molar-refractivity contribution in [1.29, 1.82) is 0 Å². The van der Waals surface area contributed by atoms with Crippen LogP contribution < -0.4 is 10.9 Å². The van der Waals surface area contributed by atoms with Gasteiger partial charge in [-0.25, -0.2) is 4.68 Å². The number of nitrogens with one attached hydrogen (secondary N) is 2. The Labute approximate surface area is 203 Å². The van der Waals surface area contributed by atoms with E-state index in [2.05, 4.69) is 58.5 Å². The van der Waals surface area contributed by atoms with Gasteiger partial charge in [-0.3, -0.25) is 4.79 Å². The molecular formula is C24H28ClN7O2. The van der Waals surface area contributed by atoms with Crippen LogP contribution in [0.2, 0.25) is 0 Å². The summed E-state index contributed by atoms with van der Waals surface area (Å²) >= 11 is 0. The third-order valence-corrected chi connectivity index (χ3v) is 6.12. The van der Waals surface area contributed by atoms with Gasteiger partial charge in [0, 0.05) is 28.9 Å². The van der Waals surface area contributed by atoms with Crippen LogP contribution in [0.3, 0.4) is 0 Å². The van der Waals surface area contributed by atoms with E-state index in [1.165, 1.54) is 6.07 Å². The predicted molar refractivity (Wildman–Crippen MR) is 133 cm³/mol. The third-order valence-electron chi connectivity index (χ3n) is 6.12. The van der Waals surface area contributed by atoms with Crippen molar-refractivity contribution in [2.24, 2.45) is 0 Å². The highest BCUT2D eigenvalue weighted by atomic mass is 35.5. The molecule has 1 saturated heterocycles. The van der Waals surface area contributed by atoms with Gasteiger partial charge in [-0.05, 0) is 75.9 Å². The summed E-state index contributed by atoms with van der Waals surface area (Å²) in [6.07, 6.45) is 3.39. The summed E-state index contributed by atoms with van der Waals surface area (Å²) < 4.78 is 1.88. The van der Waals surface area contributed by atoms with Gasteiger partial charge >= 0.3 is 0 Å². The molecule has 1 aliphatic heterocycles. The molecule has 3 N–H and O–H groups in total. The van der Waals surface area contributed by atoms with Crippen molar-refractivity contribution in [3.63, 3.8) is 0 Å². The highest BCUT2D eigenvalue weighted by Crippen LogP contribution is 2.37. The van der Waals surface area contributed by atoms with Crippen molar-refractivity contribution in [3.05, 3.63) is 52.9 Å². The van der Waals surface area contributed by atoms with Gasteiger partial charge in [-0.15, -0.1) is 27.7 Å². The fourth-order valence-electron chi connectivity index (χ4n) is 5.12. The van der Waals surface area contributed by atoms with Crippen molar-refractivity contribution in [2.45, 2.75) is 57.7 Å². The maximum atomic E-state index is 11.6. The molecule has 0 radical (unpaired) electrons. The molecule has 0 atom stereocenters. The first-order chi connectivity index (χ1) is 15.6. The number of nitrogens with zero attached hydrogens (tertiary/aromatic N) is 5. The Morgan fingerprint density at radius 1 is 0.971 bits per heavy atom. The van der Waals surface area contributed by atoms with Crippen LogP contribution in [0.4, 0.5) is 0 Å². The largest absolute Gasteiger partial charge is 0.507 e. The number of H-pyrrole nitrogens is 1. The van der Waals surface area contributed by atoms with Crippen molar-refractivity contribution < 1.29 is 5.11 Å². The van der Waals surface area contributed by atoms with Crippen LogP contribution in [-0.4, -0.2) is 46.4 Å². The van der Waals surface area contributed by atoms with Crippen LogP contribution in [0.25, 0.3) is 33.5 Å². The van der Waals surface area contributed by atoms with E-state index in [9.17, 15) is 9.90 Å². The summed E-state index contributed by atoms with van der Waals surface area (Å²) in [7, 11) is 0. The molecule has 1 aliphatic rings. The second-order valence-corrected chi connectivity index (χ2v) is 10.1. The number of aromatic hydroxyl groups is 1. The van der Waals surface area contributed by atoms with Gasteiger partial charge in [0.05, 0.1) is 11.7 Å². The van der Waals surface area contributed by atoms with Crippen LogP contribution in [0.5, 0.6) is 5.75 Å². The van der Waals surface area contributed by atoms with E-state index in [0.29, 0.717) is 22.4 Å². The number of fused-ring (bicyclic) bond motifs is 1. The summed E-state index contributed by atoms with van der Waals surface area (Å²) in [5.41, 5.74) is 3.51. The zero-order chi connectivity index (χ0) is 23.4. The predicted octanol–water partition coefficient (Wildman–Crippen LogP) is 3.85. The first-order valence-electron chi connectivity index (χ1n) is 11.0. The average Bonchev–Trinajstić information content (AvgIpc) is 3.15. The van der Waals surface area contributed by atoms with E-state index in [-0.39, 0.29) is 40.8 Å². The van der Waals surface area contributed by atoms with Gasteiger partial charge < -0.3 is 15.4 Å². The van der Waals surface area contributed by atoms with E-state index in [1.807, 2.05) is 10.7 Å². The minimum Gasteiger partial charge on any atom is -0.507 e. The topological polar surface area (TPSA) is 122 Å². The van der Waals surface area contributed by atoms with Gasteiger partial charge in [0.1, 0.15) is 11.3 Å². The summed E-state index contributed by atoms with van der Waals surface area (Å²) in [6.45, 7) is 8.79. The fourth-order valence-corrected chi connectivity index (χ4v) is 5.12. The Bertz CT molecular complexity index is 1390. The van der Waals surface area contributed by atoms with Crippen LogP contribution >= 0.6 is 12.4 Å². The zero-order valence-electron chi connectivity index (χ0n) is 19.5. The van der Waals surface area contributed by atoms with E-state index in [1.54, 1.807) is 30.5 Å². The fraction of sp³-hybridized carbons (Fsp3) is 0.375. The van der Waals surface area contributed by atoms with Gasteiger partial charge in [0.2, 0.25) is 11.2 Å². The molecule has 0 aliphatic carbocycles. The van der Waals surface area contributed by atoms with Gasteiger partial charge in [0.15, 0.2) is 0 Å². The number of hydrogen-bond acceptors (Lipinski definition) is 7. The lowest BCUT2D eigenvalue weighted by Crippen LogP contribution is -2.58. The molecule has 0 bridgehead atoms. The maximum absolute atomic E-state index is 11.6. The number of phenols is 1. The quantitative estimate of drug-likeness (QED) is 0.406. The van der Waals surface area contributed by atoms with Crippen molar-refractivity contribution in [1.82, 2.24) is 35.5 Å². The number of benzene rings is 1. The number of halogens is 1. The van der Waals surface area contributed by atoms with E-state index < -0.39 is 0 Å². The van der Waals surface area contributed by atoms with Crippen LogP contribution in [-0.2, 0) is 0 Å². The molecule has 34 heavy (non-hydrogen) atoms. The van der Waals surface area contributed by atoms with E-state index >= 15 is 0 Å². The summed E-state index contributed by atoms with van der Waals surface area (Å²) in [5.74, 6) is 0.0516. The summed E-state index contributed by atoms with van der Waals surface area (Å²) in [5, 5.41) is 31.9. The van der Waals surface area contributed by atoms with Crippen LogP contribution in [0.15, 0.2) is 47.4 Å². The van der Waals surface area contributed by atoms with Crippen LogP contribution in [0, 0.1) is 0 Å². The number of hydrogen-bond donors (Lipinski definition) is 3. The summed E-state index contributed by atoms with van der Waals surface area (Å²) in [4.78, 5) is 14.2. The van der Waals surface area contributed by atoms with Crippen LogP contribution in [0.1, 0.15) is 46.6 Å². The first kappa shape index (κ1) is 23.8. The molecule has 1 fully saturated rings. The monoisotopic (exact) mass is 481 g/mol. The molecule has 1 aromatic carbocycles. The van der Waals surface area contributed by atoms with Gasteiger partial charge in [-0.1, -0.05) is 11.3 Å². The number of piperidine rings is 1. The SMILES string of the molecule is CC1(C)CC(n2nnc3cc(-c4ccc(-c5cc[nH]c(=O)c5)cc4O)nnc32)CC(C)(C)N1.Cl. The van der Waals surface area contributed by atoms with Gasteiger partial charge in [0.25, 0.3) is 0 Å². The molecule has 3 aromatic heterocycles. The van der Waals surface area contributed by atoms with E-state index in [0.717, 1.165) is 24.0 Å². The number of aromatic amines is 1. The molecule has 178 valence electrons. The molecule has 10 heteroatoms. The maximum Gasteiger partial charge on any atom is 0.248 e. The second kappa shape index (κ2) is 8.48. The normalized spacial score (nSPS) is 17.4.